The smallest absolute Gasteiger partial charge is 0.250 e. The van der Waals surface area contributed by atoms with Crippen LogP contribution in [0.1, 0.15) is 5.56 Å². The summed E-state index contributed by atoms with van der Waals surface area (Å²) in [6, 6.07) is 19.9. The first-order chi connectivity index (χ1) is 10.3. The van der Waals surface area contributed by atoms with Gasteiger partial charge in [-0.05, 0) is 28.5 Å². The van der Waals surface area contributed by atoms with Crippen LogP contribution in [0.4, 0.5) is 0 Å². The molecule has 0 amide bonds. The zero-order valence-corrected chi connectivity index (χ0v) is 11.3. The molecule has 0 spiro atoms. The van der Waals surface area contributed by atoms with E-state index in [9.17, 15) is 4.79 Å². The highest BCUT2D eigenvalue weighted by Crippen LogP contribution is 2.18. The van der Waals surface area contributed by atoms with Gasteiger partial charge < -0.3 is 0 Å². The van der Waals surface area contributed by atoms with Gasteiger partial charge in [-0.25, -0.2) is 9.48 Å². The quantitative estimate of drug-likeness (QED) is 0.564. The number of nitrogens with zero attached hydrogens (tertiary/aromatic N) is 3. The van der Waals surface area contributed by atoms with Gasteiger partial charge >= 0.3 is 5.69 Å². The van der Waals surface area contributed by atoms with E-state index in [1.54, 1.807) is 10.6 Å². The predicted octanol–water partition coefficient (Wildman–Crippen LogP) is 2.70. The summed E-state index contributed by atoms with van der Waals surface area (Å²) < 4.78 is 3.07. The monoisotopic (exact) mass is 275 g/mol. The van der Waals surface area contributed by atoms with Crippen molar-refractivity contribution >= 4 is 16.4 Å². The molecule has 0 fully saturated rings. The van der Waals surface area contributed by atoms with Crippen molar-refractivity contribution in [3.8, 4) is 0 Å². The van der Waals surface area contributed by atoms with Gasteiger partial charge in [0.25, 0.3) is 0 Å². The summed E-state index contributed by atoms with van der Waals surface area (Å²) in [5, 5.41) is 6.71. The molecule has 2 heterocycles. The summed E-state index contributed by atoms with van der Waals surface area (Å²) >= 11 is 0. The van der Waals surface area contributed by atoms with Crippen LogP contribution in [0.3, 0.4) is 0 Å². The number of aromatic nitrogens is 3. The first-order valence-electron chi connectivity index (χ1n) is 6.84. The molecule has 4 heteroatoms. The molecular weight excluding hydrogens is 262 g/mol. The van der Waals surface area contributed by atoms with Crippen LogP contribution < -0.4 is 5.69 Å². The highest BCUT2D eigenvalue weighted by Gasteiger charge is 2.08. The minimum absolute atomic E-state index is 0.112. The summed E-state index contributed by atoms with van der Waals surface area (Å²) in [6.07, 6.45) is 1.74. The molecule has 0 unspecified atom stereocenters. The topological polar surface area (TPSA) is 39.3 Å². The van der Waals surface area contributed by atoms with E-state index >= 15 is 0 Å². The Morgan fingerprint density at radius 2 is 1.71 bits per heavy atom. The molecule has 0 atom stereocenters. The van der Waals surface area contributed by atoms with Crippen LogP contribution in [0.2, 0.25) is 0 Å². The van der Waals surface area contributed by atoms with Gasteiger partial charge in [-0.15, -0.1) is 5.10 Å². The van der Waals surface area contributed by atoms with Gasteiger partial charge in [-0.2, -0.15) is 0 Å². The number of hydrogen-bond acceptors (Lipinski definition) is 2. The first-order valence-corrected chi connectivity index (χ1v) is 6.84. The average molecular weight is 275 g/mol. The summed E-state index contributed by atoms with van der Waals surface area (Å²) in [7, 11) is 0. The van der Waals surface area contributed by atoms with E-state index in [0.29, 0.717) is 12.2 Å². The number of rotatable bonds is 2. The molecule has 0 saturated heterocycles. The largest absolute Gasteiger partial charge is 0.350 e. The fourth-order valence-electron chi connectivity index (χ4n) is 2.66. The maximum Gasteiger partial charge on any atom is 0.350 e. The SMILES string of the molecule is O=c1n(Cc2cccc3ccccc23)nc2ccccn12. The lowest BCUT2D eigenvalue weighted by atomic mass is 10.0. The van der Waals surface area contributed by atoms with Crippen molar-refractivity contribution in [2.45, 2.75) is 6.54 Å². The molecule has 0 N–H and O–H groups in total. The fraction of sp³-hybridized carbons (Fsp3) is 0.0588. The predicted molar refractivity (Wildman–Crippen MR) is 82.5 cm³/mol. The van der Waals surface area contributed by atoms with Crippen LogP contribution in [0.15, 0.2) is 71.7 Å². The number of hydrogen-bond donors (Lipinski definition) is 0. The molecule has 0 saturated carbocycles. The molecule has 102 valence electrons. The van der Waals surface area contributed by atoms with Gasteiger partial charge in [0.2, 0.25) is 0 Å². The van der Waals surface area contributed by atoms with E-state index in [-0.39, 0.29) is 5.69 Å². The Balaban J connectivity index is 1.87. The van der Waals surface area contributed by atoms with Crippen LogP contribution >= 0.6 is 0 Å². The number of benzene rings is 2. The van der Waals surface area contributed by atoms with E-state index in [0.717, 1.165) is 10.9 Å². The third kappa shape index (κ3) is 1.92. The summed E-state index contributed by atoms with van der Waals surface area (Å²) in [6.45, 7) is 0.474. The average Bonchev–Trinajstić information content (AvgIpc) is 2.85. The van der Waals surface area contributed by atoms with Gasteiger partial charge in [0, 0.05) is 6.20 Å². The summed E-state index contributed by atoms with van der Waals surface area (Å²) in [5.74, 6) is 0. The Morgan fingerprint density at radius 3 is 2.62 bits per heavy atom. The molecule has 4 nitrogen and oxygen atoms in total. The molecule has 21 heavy (non-hydrogen) atoms. The molecule has 2 aromatic carbocycles. The number of pyridine rings is 1. The molecule has 0 aliphatic rings. The van der Waals surface area contributed by atoms with Gasteiger partial charge in [0.1, 0.15) is 0 Å². The van der Waals surface area contributed by atoms with E-state index in [1.807, 2.05) is 42.5 Å². The minimum atomic E-state index is -0.112. The Labute approximate surface area is 120 Å². The van der Waals surface area contributed by atoms with E-state index in [1.165, 1.54) is 10.1 Å². The maximum atomic E-state index is 12.3. The third-order valence-electron chi connectivity index (χ3n) is 3.69. The van der Waals surface area contributed by atoms with Crippen molar-refractivity contribution < 1.29 is 0 Å². The van der Waals surface area contributed by atoms with E-state index in [4.69, 9.17) is 0 Å². The van der Waals surface area contributed by atoms with Crippen LogP contribution in [0.5, 0.6) is 0 Å². The van der Waals surface area contributed by atoms with Gasteiger partial charge in [-0.3, -0.25) is 4.40 Å². The highest BCUT2D eigenvalue weighted by molar-refractivity contribution is 5.85. The Morgan fingerprint density at radius 1 is 0.905 bits per heavy atom. The zero-order chi connectivity index (χ0) is 14.2. The molecule has 0 radical (unpaired) electrons. The van der Waals surface area contributed by atoms with E-state index in [2.05, 4.69) is 23.3 Å². The van der Waals surface area contributed by atoms with Gasteiger partial charge in [0.15, 0.2) is 5.65 Å². The van der Waals surface area contributed by atoms with Crippen molar-refractivity contribution in [2.75, 3.05) is 0 Å². The number of fused-ring (bicyclic) bond motifs is 2. The standard InChI is InChI=1S/C17H13N3O/c21-17-19-11-4-3-10-16(19)18-20(17)12-14-8-5-7-13-6-1-2-9-15(13)14/h1-11H,12H2. The van der Waals surface area contributed by atoms with Crippen LogP contribution in [0, 0.1) is 0 Å². The van der Waals surface area contributed by atoms with Gasteiger partial charge in [-0.1, -0.05) is 48.5 Å². The van der Waals surface area contributed by atoms with Crippen LogP contribution in [0.25, 0.3) is 16.4 Å². The second-order valence-corrected chi connectivity index (χ2v) is 5.01. The normalized spacial score (nSPS) is 11.2. The molecular formula is C17H13N3O. The van der Waals surface area contributed by atoms with Crippen molar-refractivity contribution in [3.05, 3.63) is 82.9 Å². The summed E-state index contributed by atoms with van der Waals surface area (Å²) in [4.78, 5) is 12.3. The molecule has 4 aromatic rings. The molecule has 0 aliphatic carbocycles. The molecule has 4 rings (SSSR count). The lowest BCUT2D eigenvalue weighted by molar-refractivity contribution is 0.661. The zero-order valence-electron chi connectivity index (χ0n) is 11.3. The fourth-order valence-corrected chi connectivity index (χ4v) is 2.66. The second-order valence-electron chi connectivity index (χ2n) is 5.01. The second kappa shape index (κ2) is 4.59. The third-order valence-corrected chi connectivity index (χ3v) is 3.69. The highest BCUT2D eigenvalue weighted by atomic mass is 16.2. The van der Waals surface area contributed by atoms with Gasteiger partial charge in [0.05, 0.1) is 6.54 Å². The lowest BCUT2D eigenvalue weighted by Gasteiger charge is -2.05. The molecule has 2 aromatic heterocycles. The van der Waals surface area contributed by atoms with Crippen LogP contribution in [-0.4, -0.2) is 14.2 Å². The van der Waals surface area contributed by atoms with Crippen molar-refractivity contribution in [1.29, 1.82) is 0 Å². The van der Waals surface area contributed by atoms with E-state index < -0.39 is 0 Å². The minimum Gasteiger partial charge on any atom is -0.250 e. The van der Waals surface area contributed by atoms with Crippen LogP contribution in [-0.2, 0) is 6.54 Å². The Hall–Kier alpha value is -2.88. The maximum absolute atomic E-state index is 12.3. The van der Waals surface area contributed by atoms with Crippen molar-refractivity contribution in [1.82, 2.24) is 14.2 Å². The first kappa shape index (κ1) is 11.9. The Kier molecular flexibility index (Phi) is 2.60. The van der Waals surface area contributed by atoms with Crippen molar-refractivity contribution in [2.24, 2.45) is 0 Å². The molecule has 0 bridgehead atoms. The van der Waals surface area contributed by atoms with Crippen molar-refractivity contribution in [3.63, 3.8) is 0 Å². The summed E-state index contributed by atoms with van der Waals surface area (Å²) in [5.41, 5.74) is 1.65. The Bertz CT molecular complexity index is 992. The lowest BCUT2D eigenvalue weighted by Crippen LogP contribution is -2.21. The molecule has 0 aliphatic heterocycles.